The van der Waals surface area contributed by atoms with Gasteiger partial charge in [-0.25, -0.2) is 4.79 Å². The summed E-state index contributed by atoms with van der Waals surface area (Å²) in [7, 11) is 0. The molecular formula is C16H22N2O3. The number of aryl methyl sites for hydroxylation is 1. The van der Waals surface area contributed by atoms with E-state index < -0.39 is 5.97 Å². The van der Waals surface area contributed by atoms with Gasteiger partial charge in [0.2, 0.25) is 0 Å². The van der Waals surface area contributed by atoms with Crippen molar-refractivity contribution in [1.82, 2.24) is 5.32 Å². The molecule has 1 aliphatic rings. The van der Waals surface area contributed by atoms with Crippen molar-refractivity contribution in [2.45, 2.75) is 39.2 Å². The smallest absolute Gasteiger partial charge is 0.322 e. The Morgan fingerprint density at radius 1 is 1.33 bits per heavy atom. The van der Waals surface area contributed by atoms with Gasteiger partial charge in [-0.1, -0.05) is 32.0 Å². The molecule has 0 aromatic heterocycles. The molecular weight excluding hydrogens is 268 g/mol. The number of carboxylic acid groups (broad SMARTS) is 1. The minimum absolute atomic E-state index is 0.0567. The van der Waals surface area contributed by atoms with Gasteiger partial charge in [0.25, 0.3) is 0 Å². The van der Waals surface area contributed by atoms with Crippen LogP contribution < -0.4 is 10.2 Å². The number of urea groups is 1. The number of fused-ring (bicyclic) bond motifs is 1. The number of amides is 2. The van der Waals surface area contributed by atoms with Gasteiger partial charge in [0, 0.05) is 18.3 Å². The lowest BCUT2D eigenvalue weighted by Gasteiger charge is -2.32. The molecule has 2 N–H and O–H groups in total. The van der Waals surface area contributed by atoms with E-state index in [2.05, 4.69) is 5.32 Å². The van der Waals surface area contributed by atoms with Crippen LogP contribution in [0.2, 0.25) is 0 Å². The largest absolute Gasteiger partial charge is 0.481 e. The molecule has 1 aromatic carbocycles. The van der Waals surface area contributed by atoms with Crippen molar-refractivity contribution < 1.29 is 14.7 Å². The molecule has 0 spiro atoms. The predicted molar refractivity (Wildman–Crippen MR) is 81.5 cm³/mol. The maximum absolute atomic E-state index is 12.5. The molecule has 0 saturated heterocycles. The number of aliphatic carboxylic acids is 1. The van der Waals surface area contributed by atoms with Gasteiger partial charge in [0.15, 0.2) is 0 Å². The van der Waals surface area contributed by atoms with E-state index in [0.29, 0.717) is 6.54 Å². The molecule has 2 amide bonds. The second-order valence-electron chi connectivity index (χ2n) is 5.78. The number of benzene rings is 1. The Bertz CT molecular complexity index is 528. The number of rotatable bonds is 4. The number of anilines is 1. The highest BCUT2D eigenvalue weighted by molar-refractivity contribution is 5.93. The molecule has 2 rings (SSSR count). The fraction of sp³-hybridized carbons (Fsp3) is 0.500. The molecule has 5 heteroatoms. The lowest BCUT2D eigenvalue weighted by molar-refractivity contribution is -0.137. The quantitative estimate of drug-likeness (QED) is 0.895. The average Bonchev–Trinajstić information content (AvgIpc) is 2.45. The van der Waals surface area contributed by atoms with Gasteiger partial charge < -0.3 is 10.4 Å². The van der Waals surface area contributed by atoms with Crippen LogP contribution in [0, 0.1) is 5.92 Å². The van der Waals surface area contributed by atoms with Crippen LogP contribution in [0.15, 0.2) is 24.3 Å². The van der Waals surface area contributed by atoms with Crippen LogP contribution in [0.3, 0.4) is 0 Å². The first-order valence-electron chi connectivity index (χ1n) is 7.36. The number of para-hydroxylation sites is 1. The van der Waals surface area contributed by atoms with Gasteiger partial charge in [-0.15, -0.1) is 0 Å². The van der Waals surface area contributed by atoms with E-state index in [-0.39, 0.29) is 24.4 Å². The summed E-state index contributed by atoms with van der Waals surface area (Å²) in [6.07, 6.45) is 1.84. The summed E-state index contributed by atoms with van der Waals surface area (Å²) >= 11 is 0. The first-order chi connectivity index (χ1) is 9.99. The van der Waals surface area contributed by atoms with Crippen LogP contribution in [0.1, 0.15) is 32.3 Å². The number of hydrogen-bond acceptors (Lipinski definition) is 2. The van der Waals surface area contributed by atoms with Crippen LogP contribution >= 0.6 is 0 Å². The van der Waals surface area contributed by atoms with Gasteiger partial charge in [-0.05, 0) is 30.4 Å². The minimum atomic E-state index is -0.895. The van der Waals surface area contributed by atoms with Crippen LogP contribution in [-0.4, -0.2) is 29.7 Å². The summed E-state index contributed by atoms with van der Waals surface area (Å²) in [6.45, 7) is 4.50. The van der Waals surface area contributed by atoms with Crippen LogP contribution in [-0.2, 0) is 11.2 Å². The van der Waals surface area contributed by atoms with Crippen molar-refractivity contribution in [2.75, 3.05) is 11.4 Å². The van der Waals surface area contributed by atoms with E-state index in [9.17, 15) is 9.59 Å². The fourth-order valence-corrected chi connectivity index (χ4v) is 2.62. The highest BCUT2D eigenvalue weighted by Crippen LogP contribution is 2.26. The fourth-order valence-electron chi connectivity index (χ4n) is 2.62. The Morgan fingerprint density at radius 2 is 2.05 bits per heavy atom. The third-order valence-corrected chi connectivity index (χ3v) is 3.86. The highest BCUT2D eigenvalue weighted by Gasteiger charge is 2.26. The first-order valence-corrected chi connectivity index (χ1v) is 7.36. The zero-order chi connectivity index (χ0) is 15.4. The van der Waals surface area contributed by atoms with Gasteiger partial charge >= 0.3 is 12.0 Å². The number of carbonyl (C=O) groups is 2. The molecule has 1 heterocycles. The molecule has 21 heavy (non-hydrogen) atoms. The van der Waals surface area contributed by atoms with Gasteiger partial charge in [0.1, 0.15) is 0 Å². The maximum atomic E-state index is 12.5. The minimum Gasteiger partial charge on any atom is -0.481 e. The second kappa shape index (κ2) is 6.61. The van der Waals surface area contributed by atoms with E-state index in [1.165, 1.54) is 5.56 Å². The molecule has 0 fully saturated rings. The third-order valence-electron chi connectivity index (χ3n) is 3.86. The zero-order valence-corrected chi connectivity index (χ0v) is 12.5. The average molecular weight is 290 g/mol. The summed E-state index contributed by atoms with van der Waals surface area (Å²) < 4.78 is 0. The molecule has 5 nitrogen and oxygen atoms in total. The Balaban J connectivity index is 2.11. The normalized spacial score (nSPS) is 15.5. The molecule has 1 atom stereocenters. The molecule has 0 bridgehead atoms. The summed E-state index contributed by atoms with van der Waals surface area (Å²) in [6, 6.07) is 7.30. The van der Waals surface area contributed by atoms with Crippen LogP contribution in [0.25, 0.3) is 0 Å². The van der Waals surface area contributed by atoms with Crippen LogP contribution in [0.4, 0.5) is 10.5 Å². The molecule has 1 aliphatic heterocycles. The lowest BCUT2D eigenvalue weighted by Crippen LogP contribution is -2.49. The number of nitrogens with one attached hydrogen (secondary N) is 1. The Morgan fingerprint density at radius 3 is 2.71 bits per heavy atom. The van der Waals surface area contributed by atoms with E-state index >= 15 is 0 Å². The van der Waals surface area contributed by atoms with Crippen molar-refractivity contribution >= 4 is 17.7 Å². The summed E-state index contributed by atoms with van der Waals surface area (Å²) in [5.74, 6) is -0.821. The SMILES string of the molecule is CC(C)C(CC(=O)O)NC(=O)N1CCCc2ccccc21. The highest BCUT2D eigenvalue weighted by atomic mass is 16.4. The standard InChI is InChI=1S/C16H22N2O3/c1-11(2)13(10-15(19)20)17-16(21)18-9-5-7-12-6-3-4-8-14(12)18/h3-4,6,8,11,13H,5,7,9-10H2,1-2H3,(H,17,21)(H,19,20). The first kappa shape index (κ1) is 15.4. The summed E-state index contributed by atoms with van der Waals surface area (Å²) in [4.78, 5) is 25.1. The van der Waals surface area contributed by atoms with Crippen molar-refractivity contribution in [3.63, 3.8) is 0 Å². The Labute approximate surface area is 125 Å². The molecule has 0 aliphatic carbocycles. The number of hydrogen-bond donors (Lipinski definition) is 2. The molecule has 0 saturated carbocycles. The number of carbonyl (C=O) groups excluding carboxylic acids is 1. The monoisotopic (exact) mass is 290 g/mol. The third kappa shape index (κ3) is 3.74. The molecule has 114 valence electrons. The topological polar surface area (TPSA) is 69.6 Å². The van der Waals surface area contributed by atoms with E-state index in [0.717, 1.165) is 18.5 Å². The molecule has 1 aromatic rings. The number of nitrogens with zero attached hydrogens (tertiary/aromatic N) is 1. The van der Waals surface area contributed by atoms with Crippen LogP contribution in [0.5, 0.6) is 0 Å². The van der Waals surface area contributed by atoms with E-state index in [1.807, 2.05) is 38.1 Å². The maximum Gasteiger partial charge on any atom is 0.322 e. The van der Waals surface area contributed by atoms with Crippen molar-refractivity contribution in [1.29, 1.82) is 0 Å². The van der Waals surface area contributed by atoms with Crippen molar-refractivity contribution in [3.05, 3.63) is 29.8 Å². The van der Waals surface area contributed by atoms with Gasteiger partial charge in [-0.2, -0.15) is 0 Å². The molecule has 1 unspecified atom stereocenters. The Kier molecular flexibility index (Phi) is 4.83. The lowest BCUT2D eigenvalue weighted by atomic mass is 10.0. The summed E-state index contributed by atoms with van der Waals surface area (Å²) in [5.41, 5.74) is 2.09. The number of carboxylic acids is 1. The summed E-state index contributed by atoms with van der Waals surface area (Å²) in [5, 5.41) is 11.8. The Hall–Kier alpha value is -2.04. The van der Waals surface area contributed by atoms with Gasteiger partial charge in [-0.3, -0.25) is 9.69 Å². The van der Waals surface area contributed by atoms with Crippen molar-refractivity contribution in [3.8, 4) is 0 Å². The van der Waals surface area contributed by atoms with Crippen molar-refractivity contribution in [2.24, 2.45) is 5.92 Å². The molecule has 0 radical (unpaired) electrons. The second-order valence-corrected chi connectivity index (χ2v) is 5.78. The zero-order valence-electron chi connectivity index (χ0n) is 12.5. The van der Waals surface area contributed by atoms with Gasteiger partial charge in [0.05, 0.1) is 6.42 Å². The van der Waals surface area contributed by atoms with E-state index in [1.54, 1.807) is 4.90 Å². The van der Waals surface area contributed by atoms with E-state index in [4.69, 9.17) is 5.11 Å². The predicted octanol–water partition coefficient (Wildman–Crippen LogP) is 2.65.